The largest absolute Gasteiger partial charge is 0.508 e. The van der Waals surface area contributed by atoms with Crippen molar-refractivity contribution in [2.75, 3.05) is 44.2 Å². The Morgan fingerprint density at radius 1 is 0.970 bits per heavy atom. The average molecular weight is 448 g/mol. The Morgan fingerprint density at radius 2 is 1.64 bits per heavy atom. The maximum Gasteiger partial charge on any atom is 0.226 e. The summed E-state index contributed by atoms with van der Waals surface area (Å²) in [5.41, 5.74) is 2.83. The summed E-state index contributed by atoms with van der Waals surface area (Å²) < 4.78 is 0. The van der Waals surface area contributed by atoms with Crippen LogP contribution in [0.2, 0.25) is 0 Å². The number of hydrogen-bond acceptors (Lipinski definition) is 4. The number of phenols is 1. The smallest absolute Gasteiger partial charge is 0.226 e. The van der Waals surface area contributed by atoms with Gasteiger partial charge in [0.2, 0.25) is 5.91 Å². The zero-order chi connectivity index (χ0) is 22.8. The van der Waals surface area contributed by atoms with E-state index in [2.05, 4.69) is 52.0 Å². The molecule has 33 heavy (non-hydrogen) atoms. The van der Waals surface area contributed by atoms with Crippen LogP contribution in [0.25, 0.3) is 0 Å². The lowest BCUT2D eigenvalue weighted by molar-refractivity contribution is -0.134. The van der Waals surface area contributed by atoms with Crippen molar-refractivity contribution in [3.05, 3.63) is 60.2 Å². The summed E-state index contributed by atoms with van der Waals surface area (Å²) in [5.74, 6) is 1.01. The maximum atomic E-state index is 13.3. The molecule has 3 fully saturated rings. The van der Waals surface area contributed by atoms with Crippen molar-refractivity contribution < 1.29 is 9.90 Å². The molecule has 1 saturated carbocycles. The molecule has 2 aromatic carbocycles. The summed E-state index contributed by atoms with van der Waals surface area (Å²) in [6.07, 6.45) is 5.60. The third-order valence-electron chi connectivity index (χ3n) is 8.40. The monoisotopic (exact) mass is 447 g/mol. The van der Waals surface area contributed by atoms with Gasteiger partial charge in [-0.1, -0.05) is 30.3 Å². The highest BCUT2D eigenvalue weighted by atomic mass is 16.3. The van der Waals surface area contributed by atoms with Gasteiger partial charge in [-0.15, -0.1) is 0 Å². The van der Waals surface area contributed by atoms with E-state index in [9.17, 15) is 9.90 Å². The molecule has 2 saturated heterocycles. The molecule has 3 aliphatic rings. The van der Waals surface area contributed by atoms with Crippen molar-refractivity contribution in [3.8, 4) is 5.75 Å². The van der Waals surface area contributed by atoms with Gasteiger partial charge in [-0.05, 0) is 87.4 Å². The number of phenolic OH excluding ortho intramolecular Hbond substituents is 1. The van der Waals surface area contributed by atoms with Gasteiger partial charge in [0, 0.05) is 43.8 Å². The first-order valence-electron chi connectivity index (χ1n) is 12.6. The molecule has 2 atom stereocenters. The number of hydrogen-bond donors (Lipinski definition) is 1. The molecule has 0 aromatic heterocycles. The van der Waals surface area contributed by atoms with Gasteiger partial charge in [0.15, 0.2) is 0 Å². The number of carbonyl (C=O) groups is 1. The highest BCUT2D eigenvalue weighted by Crippen LogP contribution is 2.60. The number of likely N-dealkylation sites (tertiary alicyclic amines) is 1. The van der Waals surface area contributed by atoms with E-state index in [0.29, 0.717) is 17.7 Å². The molecule has 0 bridgehead atoms. The van der Waals surface area contributed by atoms with Gasteiger partial charge in [-0.25, -0.2) is 0 Å². The summed E-state index contributed by atoms with van der Waals surface area (Å²) in [6, 6.07) is 18.7. The van der Waals surface area contributed by atoms with Crippen molar-refractivity contribution in [1.82, 2.24) is 9.80 Å². The van der Waals surface area contributed by atoms with Gasteiger partial charge in [0.05, 0.1) is 0 Å². The normalized spacial score (nSPS) is 23.5. The Labute approximate surface area is 198 Å². The molecule has 176 valence electrons. The first kappa shape index (κ1) is 22.3. The van der Waals surface area contributed by atoms with Gasteiger partial charge in [-0.3, -0.25) is 4.79 Å². The predicted molar refractivity (Wildman–Crippen MR) is 132 cm³/mol. The van der Waals surface area contributed by atoms with Crippen LogP contribution in [-0.2, 0) is 11.2 Å². The molecule has 1 aliphatic carbocycles. The molecule has 5 heteroatoms. The lowest BCUT2D eigenvalue weighted by Gasteiger charge is -2.38. The van der Waals surface area contributed by atoms with E-state index >= 15 is 0 Å². The van der Waals surface area contributed by atoms with Crippen molar-refractivity contribution in [1.29, 1.82) is 0 Å². The number of amides is 1. The molecule has 2 aliphatic heterocycles. The fourth-order valence-electron chi connectivity index (χ4n) is 5.92. The topological polar surface area (TPSA) is 47.0 Å². The Bertz CT molecular complexity index is 929. The van der Waals surface area contributed by atoms with Crippen molar-refractivity contribution in [2.24, 2.45) is 11.3 Å². The maximum absolute atomic E-state index is 13.3. The Kier molecular flexibility index (Phi) is 6.33. The molecule has 2 aromatic rings. The zero-order valence-electron chi connectivity index (χ0n) is 19.8. The molecule has 0 radical (unpaired) electrons. The SMILES string of the molecule is CC(CCc1ccc(O)cc1)N1CCC2(CC1)CC2C(=O)N1CCN(c2ccccc2)CC1. The molecular weight excluding hydrogens is 410 g/mol. The number of piperidine rings is 1. The lowest BCUT2D eigenvalue weighted by Crippen LogP contribution is -2.50. The summed E-state index contributed by atoms with van der Waals surface area (Å²) in [6.45, 7) is 8.12. The van der Waals surface area contributed by atoms with E-state index in [1.165, 1.54) is 11.3 Å². The average Bonchev–Trinajstić information content (AvgIpc) is 3.57. The Balaban J connectivity index is 1.06. The number of carbonyl (C=O) groups excluding carboxylic acids is 1. The quantitative estimate of drug-likeness (QED) is 0.722. The molecule has 2 heterocycles. The third-order valence-corrected chi connectivity index (χ3v) is 8.40. The van der Waals surface area contributed by atoms with Crippen LogP contribution in [0.4, 0.5) is 5.69 Å². The van der Waals surface area contributed by atoms with Crippen LogP contribution >= 0.6 is 0 Å². The van der Waals surface area contributed by atoms with Crippen molar-refractivity contribution in [2.45, 2.75) is 45.1 Å². The van der Waals surface area contributed by atoms with E-state index in [0.717, 1.165) is 71.4 Å². The third kappa shape index (κ3) is 4.89. The van der Waals surface area contributed by atoms with Gasteiger partial charge in [0.25, 0.3) is 0 Å². The van der Waals surface area contributed by atoms with Crippen LogP contribution in [0.1, 0.15) is 38.2 Å². The van der Waals surface area contributed by atoms with Gasteiger partial charge >= 0.3 is 0 Å². The minimum atomic E-state index is 0.259. The first-order chi connectivity index (χ1) is 16.0. The number of anilines is 1. The number of rotatable bonds is 6. The van der Waals surface area contributed by atoms with Crippen molar-refractivity contribution >= 4 is 11.6 Å². The van der Waals surface area contributed by atoms with Crippen molar-refractivity contribution in [3.63, 3.8) is 0 Å². The van der Waals surface area contributed by atoms with E-state index in [-0.39, 0.29) is 11.3 Å². The second-order valence-corrected chi connectivity index (χ2v) is 10.4. The van der Waals surface area contributed by atoms with Crippen LogP contribution in [0.15, 0.2) is 54.6 Å². The van der Waals surface area contributed by atoms with Crippen LogP contribution in [0, 0.1) is 11.3 Å². The molecule has 1 spiro atoms. The highest BCUT2D eigenvalue weighted by Gasteiger charge is 2.59. The standard InChI is InChI=1S/C28H37N3O2/c1-22(7-8-23-9-11-25(32)12-10-23)29-15-13-28(14-16-29)21-26(28)27(33)31-19-17-30(18-20-31)24-5-3-2-4-6-24/h2-6,9-12,22,26,32H,7-8,13-21H2,1H3. The lowest BCUT2D eigenvalue weighted by atomic mass is 9.89. The molecule has 1 amide bonds. The second-order valence-electron chi connectivity index (χ2n) is 10.4. The summed E-state index contributed by atoms with van der Waals surface area (Å²) in [7, 11) is 0. The van der Waals surface area contributed by atoms with E-state index in [1.54, 1.807) is 12.1 Å². The number of aromatic hydroxyl groups is 1. The molecule has 1 N–H and O–H groups in total. The summed E-state index contributed by atoms with van der Waals surface area (Å²) in [5, 5.41) is 9.46. The van der Waals surface area contributed by atoms with Crippen LogP contribution in [0.3, 0.4) is 0 Å². The fourth-order valence-corrected chi connectivity index (χ4v) is 5.92. The number of para-hydroxylation sites is 1. The molecule has 5 rings (SSSR count). The first-order valence-corrected chi connectivity index (χ1v) is 12.6. The van der Waals surface area contributed by atoms with E-state index < -0.39 is 0 Å². The number of piperazine rings is 1. The van der Waals surface area contributed by atoms with E-state index in [1.807, 2.05) is 12.1 Å². The van der Waals surface area contributed by atoms with Gasteiger partial charge in [-0.2, -0.15) is 0 Å². The summed E-state index contributed by atoms with van der Waals surface area (Å²) >= 11 is 0. The minimum absolute atomic E-state index is 0.259. The van der Waals surface area contributed by atoms with E-state index in [4.69, 9.17) is 0 Å². The molecule has 5 nitrogen and oxygen atoms in total. The predicted octanol–water partition coefficient (Wildman–Crippen LogP) is 4.16. The van der Waals surface area contributed by atoms with Crippen LogP contribution in [-0.4, -0.2) is 66.1 Å². The number of aryl methyl sites for hydroxylation is 1. The summed E-state index contributed by atoms with van der Waals surface area (Å²) in [4.78, 5) is 20.4. The second kappa shape index (κ2) is 9.38. The minimum Gasteiger partial charge on any atom is -0.508 e. The van der Waals surface area contributed by atoms with Gasteiger partial charge < -0.3 is 19.8 Å². The van der Waals surface area contributed by atoms with Crippen LogP contribution in [0.5, 0.6) is 5.75 Å². The van der Waals surface area contributed by atoms with Crippen LogP contribution < -0.4 is 4.90 Å². The fraction of sp³-hybridized carbons (Fsp3) is 0.536. The van der Waals surface area contributed by atoms with Gasteiger partial charge in [0.1, 0.15) is 5.75 Å². The molecular formula is C28H37N3O2. The zero-order valence-corrected chi connectivity index (χ0v) is 19.8. The Hall–Kier alpha value is -2.53. The highest BCUT2D eigenvalue weighted by molar-refractivity contribution is 5.83. The molecule has 2 unspecified atom stereocenters. The Morgan fingerprint density at radius 3 is 2.30 bits per heavy atom. The number of benzene rings is 2. The number of nitrogens with zero attached hydrogens (tertiary/aromatic N) is 3.